The van der Waals surface area contributed by atoms with Gasteiger partial charge in [-0.2, -0.15) is 11.3 Å². The van der Waals surface area contributed by atoms with Crippen molar-refractivity contribution < 1.29 is 38.2 Å². The lowest BCUT2D eigenvalue weighted by molar-refractivity contribution is -0.150. The molecule has 0 spiro atoms. The van der Waals surface area contributed by atoms with Crippen molar-refractivity contribution in [2.45, 2.75) is 52.3 Å². The summed E-state index contributed by atoms with van der Waals surface area (Å²) < 4.78 is 22.3. The van der Waals surface area contributed by atoms with Gasteiger partial charge in [-0.1, -0.05) is 18.6 Å². The van der Waals surface area contributed by atoms with Crippen molar-refractivity contribution >= 4 is 63.4 Å². The van der Waals surface area contributed by atoms with Crippen molar-refractivity contribution in [2.75, 3.05) is 42.9 Å². The van der Waals surface area contributed by atoms with E-state index in [9.17, 15) is 33.9 Å². The van der Waals surface area contributed by atoms with Crippen molar-refractivity contribution in [3.63, 3.8) is 0 Å². The molecule has 6 rings (SSSR count). The fraction of sp³-hybridized carbons (Fsp3) is 0.368. The summed E-state index contributed by atoms with van der Waals surface area (Å²) in [5.41, 5.74) is 0.417. The number of hydrogen-bond acceptors (Lipinski definition) is 9. The van der Waals surface area contributed by atoms with E-state index in [1.807, 2.05) is 23.8 Å². The molecule has 54 heavy (non-hydrogen) atoms. The topological polar surface area (TPSA) is 179 Å². The molecular weight excluding hydrogens is 720 g/mol. The molecule has 1 unspecified atom stereocenters. The summed E-state index contributed by atoms with van der Waals surface area (Å²) in [4.78, 5) is 79.1. The maximum Gasteiger partial charge on any atom is 0.410 e. The molecule has 0 bridgehead atoms. The second-order valence-corrected chi connectivity index (χ2v) is 14.2. The molecule has 1 aliphatic heterocycles. The van der Waals surface area contributed by atoms with Gasteiger partial charge in [-0.15, -0.1) is 0 Å². The molecule has 2 aromatic heterocycles. The Bertz CT molecular complexity index is 2130. The van der Waals surface area contributed by atoms with Crippen LogP contribution >= 0.6 is 11.3 Å². The first-order chi connectivity index (χ1) is 25.9. The zero-order valence-electron chi connectivity index (χ0n) is 29.9. The average Bonchev–Trinajstić information content (AvgIpc) is 3.69. The number of aromatic carboxylic acids is 1. The second kappa shape index (κ2) is 16.1. The van der Waals surface area contributed by atoms with E-state index in [2.05, 4.69) is 16.0 Å². The van der Waals surface area contributed by atoms with Crippen molar-refractivity contribution in [1.29, 1.82) is 0 Å². The van der Waals surface area contributed by atoms with Crippen molar-refractivity contribution in [3.8, 4) is 0 Å². The summed E-state index contributed by atoms with van der Waals surface area (Å²) in [5, 5.41) is 21.5. The lowest BCUT2D eigenvalue weighted by Gasteiger charge is -2.39. The summed E-state index contributed by atoms with van der Waals surface area (Å²) >= 11 is 1.53. The Morgan fingerprint density at radius 2 is 1.74 bits per heavy atom. The molecule has 1 atom stereocenters. The Hall–Kier alpha value is -5.77. The van der Waals surface area contributed by atoms with Crippen LogP contribution in [0.25, 0.3) is 10.9 Å². The highest BCUT2D eigenvalue weighted by Gasteiger charge is 2.51. The standard InChI is InChI=1S/C38H41FN6O8S/c1-3-43-20-28(34(48)49)33(47)27-17-29(39)31(18-30(27)43)44-12-14-45(15-13-44)37(52)53-21-24-5-7-26(8-6-24)42-32(46)19-40-35(50)38(10-4-11-38)36(51)41-23(2)25-9-16-54-22-25/h5-9,16-18,20,22-23H,3-4,10-15,19,21H2,1-2H3,(H,40,50)(H,41,51)(H,42,46)(H,48,49). The van der Waals surface area contributed by atoms with Gasteiger partial charge in [0.1, 0.15) is 23.4 Å². The second-order valence-electron chi connectivity index (χ2n) is 13.4. The van der Waals surface area contributed by atoms with Crippen LogP contribution in [0, 0.1) is 11.2 Å². The van der Waals surface area contributed by atoms with Crippen molar-refractivity contribution in [2.24, 2.45) is 5.41 Å². The number of thiophene rings is 1. The van der Waals surface area contributed by atoms with E-state index in [-0.39, 0.29) is 49.3 Å². The Kier molecular flexibility index (Phi) is 11.3. The van der Waals surface area contributed by atoms with Gasteiger partial charge in [0.2, 0.25) is 23.2 Å². The summed E-state index contributed by atoms with van der Waals surface area (Å²) in [5.74, 6) is -3.31. The van der Waals surface area contributed by atoms with Gasteiger partial charge in [-0.3, -0.25) is 19.2 Å². The van der Waals surface area contributed by atoms with Crippen LogP contribution in [0.4, 0.5) is 20.6 Å². The van der Waals surface area contributed by atoms with Crippen LogP contribution < -0.4 is 26.3 Å². The van der Waals surface area contributed by atoms with E-state index in [1.54, 1.807) is 40.7 Å². The van der Waals surface area contributed by atoms with Crippen LogP contribution in [-0.4, -0.2) is 77.1 Å². The van der Waals surface area contributed by atoms with Crippen molar-refractivity contribution in [3.05, 3.63) is 92.2 Å². The highest BCUT2D eigenvalue weighted by atomic mass is 32.1. The summed E-state index contributed by atoms with van der Waals surface area (Å²) in [7, 11) is 0. The maximum absolute atomic E-state index is 15.2. The third-order valence-corrected chi connectivity index (χ3v) is 10.8. The molecule has 2 aromatic carbocycles. The SMILES string of the molecule is CCn1cc(C(=O)O)c(=O)c2cc(F)c(N3CCN(C(=O)OCc4ccc(NC(=O)CNC(=O)C5(C(=O)NC(C)c6ccsc6)CCC5)cc4)CC3)cc21. The third kappa shape index (κ3) is 7.93. The molecule has 2 aliphatic rings. The molecular formula is C38H41FN6O8S. The molecule has 1 saturated heterocycles. The monoisotopic (exact) mass is 760 g/mol. The molecule has 4 aromatic rings. The van der Waals surface area contributed by atoms with Crippen molar-refractivity contribution in [1.82, 2.24) is 20.1 Å². The van der Waals surface area contributed by atoms with E-state index >= 15 is 4.39 Å². The minimum absolute atomic E-state index is 0.0146. The molecule has 1 saturated carbocycles. The summed E-state index contributed by atoms with van der Waals surface area (Å²) in [6, 6.07) is 11.0. The zero-order chi connectivity index (χ0) is 38.6. The van der Waals surface area contributed by atoms with Crippen LogP contribution in [0.5, 0.6) is 0 Å². The van der Waals surface area contributed by atoms with Crippen LogP contribution in [0.1, 0.15) is 60.6 Å². The van der Waals surface area contributed by atoms with Crippen LogP contribution in [-0.2, 0) is 32.3 Å². The average molecular weight is 761 g/mol. The largest absolute Gasteiger partial charge is 0.477 e. The first kappa shape index (κ1) is 38.0. The number of carbonyl (C=O) groups is 5. The molecule has 4 N–H and O–H groups in total. The zero-order valence-corrected chi connectivity index (χ0v) is 30.7. The Balaban J connectivity index is 0.954. The Labute approximate surface area is 313 Å². The lowest BCUT2D eigenvalue weighted by atomic mass is 9.67. The predicted molar refractivity (Wildman–Crippen MR) is 200 cm³/mol. The van der Waals surface area contributed by atoms with Gasteiger partial charge in [-0.25, -0.2) is 14.0 Å². The first-order valence-corrected chi connectivity index (χ1v) is 18.6. The highest BCUT2D eigenvalue weighted by Crippen LogP contribution is 2.42. The number of piperazine rings is 1. The van der Waals surface area contributed by atoms with Gasteiger partial charge in [0.15, 0.2) is 0 Å². The number of carboxylic acids is 1. The number of nitrogens with one attached hydrogen (secondary N) is 3. The lowest BCUT2D eigenvalue weighted by Crippen LogP contribution is -2.56. The normalized spacial score (nSPS) is 15.5. The number of ether oxygens (including phenoxy) is 1. The fourth-order valence-electron chi connectivity index (χ4n) is 6.67. The number of hydrogen-bond donors (Lipinski definition) is 4. The predicted octanol–water partition coefficient (Wildman–Crippen LogP) is 4.48. The van der Waals surface area contributed by atoms with Crippen LogP contribution in [0.2, 0.25) is 0 Å². The number of carbonyl (C=O) groups excluding carboxylic acids is 4. The quantitative estimate of drug-likeness (QED) is 0.152. The third-order valence-electron chi connectivity index (χ3n) is 10.1. The highest BCUT2D eigenvalue weighted by molar-refractivity contribution is 7.08. The van der Waals surface area contributed by atoms with Gasteiger partial charge in [0.05, 0.1) is 23.8 Å². The molecule has 4 amide bonds. The molecule has 16 heteroatoms. The maximum atomic E-state index is 15.2. The number of nitrogens with zero attached hydrogens (tertiary/aromatic N) is 3. The number of carboxylic acid groups (broad SMARTS) is 1. The number of rotatable bonds is 12. The Morgan fingerprint density at radius 3 is 2.35 bits per heavy atom. The van der Waals surface area contributed by atoms with Gasteiger partial charge in [0, 0.05) is 50.0 Å². The fourth-order valence-corrected chi connectivity index (χ4v) is 7.42. The van der Waals surface area contributed by atoms with E-state index in [0.29, 0.717) is 49.2 Å². The number of anilines is 2. The number of pyridine rings is 1. The summed E-state index contributed by atoms with van der Waals surface area (Å²) in [6.07, 6.45) is 2.30. The first-order valence-electron chi connectivity index (χ1n) is 17.7. The van der Waals surface area contributed by atoms with E-state index in [4.69, 9.17) is 4.74 Å². The molecule has 14 nitrogen and oxygen atoms in total. The minimum atomic E-state index is -1.38. The molecule has 3 heterocycles. The number of fused-ring (bicyclic) bond motifs is 1. The Morgan fingerprint density at radius 1 is 1.02 bits per heavy atom. The van der Waals surface area contributed by atoms with Gasteiger partial charge in [-0.05, 0) is 78.9 Å². The number of benzene rings is 2. The smallest absolute Gasteiger partial charge is 0.410 e. The number of halogens is 1. The van der Waals surface area contributed by atoms with Crippen LogP contribution in [0.15, 0.2) is 64.2 Å². The van der Waals surface area contributed by atoms with Gasteiger partial charge in [0.25, 0.3) is 0 Å². The molecule has 1 aliphatic carbocycles. The van der Waals surface area contributed by atoms with E-state index in [0.717, 1.165) is 18.1 Å². The van der Waals surface area contributed by atoms with E-state index < -0.39 is 46.1 Å². The number of aromatic nitrogens is 1. The molecule has 0 radical (unpaired) electrons. The molecule has 284 valence electrons. The van der Waals surface area contributed by atoms with Gasteiger partial charge >= 0.3 is 12.1 Å². The minimum Gasteiger partial charge on any atom is -0.477 e. The number of amides is 4. The molecule has 2 fully saturated rings. The van der Waals surface area contributed by atoms with E-state index in [1.165, 1.54) is 28.5 Å². The number of aryl methyl sites for hydroxylation is 1. The van der Waals surface area contributed by atoms with Gasteiger partial charge < -0.3 is 40.2 Å². The van der Waals surface area contributed by atoms with Crippen LogP contribution in [0.3, 0.4) is 0 Å². The summed E-state index contributed by atoms with van der Waals surface area (Å²) in [6.45, 7) is 4.84.